The van der Waals surface area contributed by atoms with Gasteiger partial charge in [0.25, 0.3) is 0 Å². The molecule has 31 heavy (non-hydrogen) atoms. The quantitative estimate of drug-likeness (QED) is 0.462. The molecule has 1 aromatic heterocycles. The summed E-state index contributed by atoms with van der Waals surface area (Å²) in [6, 6.07) is 6.11. The number of nitrogens with zero attached hydrogens (tertiary/aromatic N) is 5. The molecule has 2 aliphatic heterocycles. The maximum Gasteiger partial charge on any atom is 0.248 e. The largest absolute Gasteiger partial charge is 0.378 e. The van der Waals surface area contributed by atoms with E-state index in [0.717, 1.165) is 43.0 Å². The van der Waals surface area contributed by atoms with Crippen molar-refractivity contribution in [1.82, 2.24) is 20.4 Å². The van der Waals surface area contributed by atoms with Crippen LogP contribution in [0.25, 0.3) is 0 Å². The lowest BCUT2D eigenvalue weighted by Crippen LogP contribution is -2.41. The van der Waals surface area contributed by atoms with E-state index in [1.165, 1.54) is 0 Å². The molecule has 3 heterocycles. The van der Waals surface area contributed by atoms with Crippen molar-refractivity contribution >= 4 is 40.9 Å². The second-order valence-corrected chi connectivity index (χ2v) is 7.84. The van der Waals surface area contributed by atoms with Crippen LogP contribution in [0.4, 0.5) is 23.5 Å². The molecule has 0 amide bonds. The van der Waals surface area contributed by atoms with E-state index in [9.17, 15) is 0 Å². The van der Waals surface area contributed by atoms with E-state index in [1.54, 1.807) is 0 Å². The van der Waals surface area contributed by atoms with E-state index in [1.807, 2.05) is 32.0 Å². The number of hydrazine groups is 1. The molecule has 0 saturated carbocycles. The highest BCUT2D eigenvalue weighted by molar-refractivity contribution is 7.80. The van der Waals surface area contributed by atoms with Gasteiger partial charge in [0.15, 0.2) is 5.11 Å². The average molecular weight is 445 g/mol. The molecule has 0 unspecified atom stereocenters. The van der Waals surface area contributed by atoms with Gasteiger partial charge >= 0.3 is 0 Å². The minimum absolute atomic E-state index is 0.406. The standard InChI is InChI=1S/C20H28N8O2S/c1-14-4-3-5-15(2)16(14)21-20(31)26-25-17-22-18(27-6-10-29-11-7-27)24-19(23-17)28-8-12-30-13-9-28/h3-5H,6-13H2,1-2H3,(H2,21,26,31)(H,22,23,24,25). The highest BCUT2D eigenvalue weighted by Gasteiger charge is 2.20. The number of anilines is 4. The highest BCUT2D eigenvalue weighted by Crippen LogP contribution is 2.20. The third kappa shape index (κ3) is 5.49. The Morgan fingerprint density at radius 3 is 1.90 bits per heavy atom. The number of para-hydroxylation sites is 1. The van der Waals surface area contributed by atoms with E-state index in [0.29, 0.717) is 49.4 Å². The Morgan fingerprint density at radius 2 is 1.39 bits per heavy atom. The third-order valence-electron chi connectivity index (χ3n) is 5.21. The van der Waals surface area contributed by atoms with Crippen LogP contribution in [0.2, 0.25) is 0 Å². The van der Waals surface area contributed by atoms with E-state index in [4.69, 9.17) is 26.7 Å². The molecule has 1 aromatic carbocycles. The molecule has 3 N–H and O–H groups in total. The van der Waals surface area contributed by atoms with Crippen molar-refractivity contribution in [3.05, 3.63) is 29.3 Å². The monoisotopic (exact) mass is 444 g/mol. The summed E-state index contributed by atoms with van der Waals surface area (Å²) in [6.45, 7) is 9.68. The molecular weight excluding hydrogens is 416 g/mol. The lowest BCUT2D eigenvalue weighted by atomic mass is 10.1. The first-order valence-electron chi connectivity index (χ1n) is 10.4. The topological polar surface area (TPSA) is 99.7 Å². The number of rotatable bonds is 5. The summed E-state index contributed by atoms with van der Waals surface area (Å²) < 4.78 is 10.9. The normalized spacial score (nSPS) is 16.7. The van der Waals surface area contributed by atoms with Gasteiger partial charge in [-0.05, 0) is 37.2 Å². The summed E-state index contributed by atoms with van der Waals surface area (Å²) in [5.41, 5.74) is 9.25. The first kappa shape index (κ1) is 21.5. The Labute approximate surface area is 187 Å². The lowest BCUT2D eigenvalue weighted by molar-refractivity contribution is 0.121. The Hall–Kier alpha value is -2.76. The summed E-state index contributed by atoms with van der Waals surface area (Å²) >= 11 is 5.46. The molecule has 0 bridgehead atoms. The SMILES string of the molecule is Cc1cccc(C)c1NC(=S)NNc1nc(N2CCOCC2)nc(N2CCOCC2)n1. The zero-order chi connectivity index (χ0) is 21.6. The Morgan fingerprint density at radius 1 is 0.871 bits per heavy atom. The van der Waals surface area contributed by atoms with Crippen molar-refractivity contribution in [3.8, 4) is 0 Å². The zero-order valence-corrected chi connectivity index (χ0v) is 18.7. The van der Waals surface area contributed by atoms with Gasteiger partial charge in [0.2, 0.25) is 17.8 Å². The van der Waals surface area contributed by atoms with Gasteiger partial charge in [-0.2, -0.15) is 15.0 Å². The minimum Gasteiger partial charge on any atom is -0.378 e. The van der Waals surface area contributed by atoms with Crippen molar-refractivity contribution < 1.29 is 9.47 Å². The molecule has 0 atom stereocenters. The van der Waals surface area contributed by atoms with E-state index < -0.39 is 0 Å². The van der Waals surface area contributed by atoms with Gasteiger partial charge in [0, 0.05) is 31.9 Å². The molecule has 0 radical (unpaired) electrons. The first-order valence-corrected chi connectivity index (χ1v) is 10.8. The molecule has 10 nitrogen and oxygen atoms in total. The molecule has 0 spiro atoms. The van der Waals surface area contributed by atoms with Gasteiger partial charge < -0.3 is 24.6 Å². The highest BCUT2D eigenvalue weighted by atomic mass is 32.1. The fourth-order valence-corrected chi connectivity index (χ4v) is 3.64. The average Bonchev–Trinajstić information content (AvgIpc) is 2.81. The second-order valence-electron chi connectivity index (χ2n) is 7.43. The third-order valence-corrected chi connectivity index (χ3v) is 5.41. The predicted octanol–water partition coefficient (Wildman–Crippen LogP) is 1.48. The maximum absolute atomic E-state index is 5.46. The van der Waals surface area contributed by atoms with Crippen LogP contribution in [0, 0.1) is 13.8 Å². The smallest absolute Gasteiger partial charge is 0.248 e. The summed E-state index contributed by atoms with van der Waals surface area (Å²) in [6.07, 6.45) is 0. The molecule has 2 aromatic rings. The Kier molecular flexibility index (Phi) is 6.95. The number of benzene rings is 1. The maximum atomic E-state index is 5.46. The van der Waals surface area contributed by atoms with Crippen LogP contribution in [0.15, 0.2) is 18.2 Å². The second kappa shape index (κ2) is 10.0. The van der Waals surface area contributed by atoms with Crippen molar-refractivity contribution in [3.63, 3.8) is 0 Å². The molecule has 166 valence electrons. The summed E-state index contributed by atoms with van der Waals surface area (Å²) in [4.78, 5) is 18.1. The molecular formula is C20H28N8O2S. The first-order chi connectivity index (χ1) is 15.1. The fourth-order valence-electron chi connectivity index (χ4n) is 3.49. The lowest BCUT2D eigenvalue weighted by Gasteiger charge is -2.30. The van der Waals surface area contributed by atoms with Crippen molar-refractivity contribution in [2.75, 3.05) is 73.1 Å². The van der Waals surface area contributed by atoms with E-state index in [-0.39, 0.29) is 0 Å². The zero-order valence-electron chi connectivity index (χ0n) is 17.8. The van der Waals surface area contributed by atoms with Crippen molar-refractivity contribution in [1.29, 1.82) is 0 Å². The van der Waals surface area contributed by atoms with Gasteiger partial charge in [-0.1, -0.05) is 18.2 Å². The number of hydrogen-bond acceptors (Lipinski definition) is 9. The van der Waals surface area contributed by atoms with Gasteiger partial charge in [-0.15, -0.1) is 0 Å². The van der Waals surface area contributed by atoms with E-state index >= 15 is 0 Å². The molecule has 11 heteroatoms. The molecule has 2 fully saturated rings. The van der Waals surface area contributed by atoms with Crippen LogP contribution >= 0.6 is 12.2 Å². The summed E-state index contributed by atoms with van der Waals surface area (Å²) in [5.74, 6) is 1.65. The molecule has 0 aliphatic carbocycles. The van der Waals surface area contributed by atoms with Crippen LogP contribution in [-0.2, 0) is 9.47 Å². The molecule has 2 saturated heterocycles. The van der Waals surface area contributed by atoms with E-state index in [2.05, 4.69) is 35.9 Å². The van der Waals surface area contributed by atoms with Gasteiger partial charge in [0.1, 0.15) is 0 Å². The van der Waals surface area contributed by atoms with Crippen molar-refractivity contribution in [2.24, 2.45) is 0 Å². The predicted molar refractivity (Wildman–Crippen MR) is 125 cm³/mol. The fraction of sp³-hybridized carbons (Fsp3) is 0.500. The number of ether oxygens (including phenoxy) is 2. The van der Waals surface area contributed by atoms with Crippen LogP contribution in [0.3, 0.4) is 0 Å². The van der Waals surface area contributed by atoms with Crippen LogP contribution in [0.1, 0.15) is 11.1 Å². The Bertz CT molecular complexity index is 860. The number of hydrogen-bond donors (Lipinski definition) is 3. The summed E-state index contributed by atoms with van der Waals surface area (Å²) in [5, 5.41) is 3.67. The molecule has 2 aliphatic rings. The number of nitrogens with one attached hydrogen (secondary N) is 3. The van der Waals surface area contributed by atoms with Gasteiger partial charge in [-0.3, -0.25) is 10.9 Å². The van der Waals surface area contributed by atoms with Gasteiger partial charge in [-0.25, -0.2) is 0 Å². The Balaban J connectivity index is 1.48. The number of aromatic nitrogens is 3. The van der Waals surface area contributed by atoms with Crippen LogP contribution in [0.5, 0.6) is 0 Å². The number of aryl methyl sites for hydroxylation is 2. The summed E-state index contributed by atoms with van der Waals surface area (Å²) in [7, 11) is 0. The number of thiocarbonyl (C=S) groups is 1. The van der Waals surface area contributed by atoms with Crippen LogP contribution in [-0.4, -0.2) is 72.7 Å². The number of morpholine rings is 2. The molecule has 4 rings (SSSR count). The minimum atomic E-state index is 0.406. The van der Waals surface area contributed by atoms with Crippen molar-refractivity contribution in [2.45, 2.75) is 13.8 Å². The van der Waals surface area contributed by atoms with Gasteiger partial charge in [0.05, 0.1) is 26.4 Å². The van der Waals surface area contributed by atoms with Crippen LogP contribution < -0.4 is 26.0 Å².